The second kappa shape index (κ2) is 7.42. The van der Waals surface area contributed by atoms with E-state index in [1.807, 2.05) is 30.3 Å². The van der Waals surface area contributed by atoms with Crippen LogP contribution in [0.25, 0.3) is 11.1 Å². The lowest BCUT2D eigenvalue weighted by Gasteiger charge is -2.15. The van der Waals surface area contributed by atoms with Crippen LogP contribution in [0.3, 0.4) is 0 Å². The summed E-state index contributed by atoms with van der Waals surface area (Å²) in [4.78, 5) is 24.2. The second-order valence-corrected chi connectivity index (χ2v) is 5.03. The molecule has 0 amide bonds. The molecule has 0 spiro atoms. The van der Waals surface area contributed by atoms with E-state index in [0.29, 0.717) is 16.7 Å². The van der Waals surface area contributed by atoms with E-state index in [1.165, 1.54) is 20.3 Å². The van der Waals surface area contributed by atoms with Crippen LogP contribution in [0.4, 0.5) is 0 Å². The topological polar surface area (TPSA) is 52.6 Å². The number of rotatable bonds is 5. The van der Waals surface area contributed by atoms with E-state index in [0.717, 1.165) is 5.56 Å². The zero-order valence-electron chi connectivity index (χ0n) is 13.7. The summed E-state index contributed by atoms with van der Waals surface area (Å²) in [7, 11) is 2.52. The van der Waals surface area contributed by atoms with Crippen LogP contribution < -0.4 is 0 Å². The monoisotopic (exact) mass is 322 g/mol. The molecule has 2 aromatic rings. The molecule has 4 nitrogen and oxygen atoms in total. The van der Waals surface area contributed by atoms with E-state index in [9.17, 15) is 9.59 Å². The maximum absolute atomic E-state index is 12.2. The lowest BCUT2D eigenvalue weighted by atomic mass is 9.89. The third-order valence-electron chi connectivity index (χ3n) is 3.67. The van der Waals surface area contributed by atoms with Crippen molar-refractivity contribution in [2.45, 2.75) is 0 Å². The maximum atomic E-state index is 12.2. The van der Waals surface area contributed by atoms with Crippen LogP contribution in [-0.2, 0) is 9.47 Å². The first-order valence-corrected chi connectivity index (χ1v) is 7.24. The average molecular weight is 322 g/mol. The van der Waals surface area contributed by atoms with E-state index in [-0.39, 0.29) is 11.1 Å². The van der Waals surface area contributed by atoms with Crippen molar-refractivity contribution in [1.82, 2.24) is 0 Å². The molecule has 24 heavy (non-hydrogen) atoms. The van der Waals surface area contributed by atoms with Crippen LogP contribution >= 0.6 is 0 Å². The van der Waals surface area contributed by atoms with Crippen LogP contribution in [0.5, 0.6) is 0 Å². The summed E-state index contributed by atoms with van der Waals surface area (Å²) in [5, 5.41) is 0. The zero-order chi connectivity index (χ0) is 17.7. The molecule has 0 saturated heterocycles. The predicted octanol–water partition coefficient (Wildman–Crippen LogP) is 3.99. The summed E-state index contributed by atoms with van der Waals surface area (Å²) < 4.78 is 9.58. The van der Waals surface area contributed by atoms with Crippen molar-refractivity contribution in [3.05, 3.63) is 83.9 Å². The Morgan fingerprint density at radius 2 is 1.33 bits per heavy atom. The van der Waals surface area contributed by atoms with Gasteiger partial charge in [0.1, 0.15) is 0 Å². The first-order chi connectivity index (χ1) is 11.5. The molecule has 0 aliphatic heterocycles. The minimum atomic E-state index is -0.631. The summed E-state index contributed by atoms with van der Waals surface area (Å²) >= 11 is 0. The molecule has 0 aromatic heterocycles. The van der Waals surface area contributed by atoms with Gasteiger partial charge in [-0.05, 0) is 28.3 Å². The highest BCUT2D eigenvalue weighted by molar-refractivity contribution is 6.12. The molecule has 0 N–H and O–H groups in total. The fourth-order valence-electron chi connectivity index (χ4n) is 2.38. The molecule has 0 heterocycles. The first-order valence-electron chi connectivity index (χ1n) is 7.24. The third-order valence-corrected chi connectivity index (χ3v) is 3.67. The van der Waals surface area contributed by atoms with Crippen LogP contribution in [0.1, 0.15) is 31.8 Å². The summed E-state index contributed by atoms with van der Waals surface area (Å²) in [6.45, 7) is 8.10. The minimum Gasteiger partial charge on any atom is -0.465 e. The van der Waals surface area contributed by atoms with Gasteiger partial charge in [0.15, 0.2) is 0 Å². The molecule has 0 bridgehead atoms. The maximum Gasteiger partial charge on any atom is 0.339 e. The number of benzene rings is 2. The van der Waals surface area contributed by atoms with Crippen LogP contribution in [0, 0.1) is 0 Å². The normalized spacial score (nSPS) is 9.92. The van der Waals surface area contributed by atoms with E-state index in [4.69, 9.17) is 9.47 Å². The quantitative estimate of drug-likeness (QED) is 0.617. The zero-order valence-corrected chi connectivity index (χ0v) is 13.7. The molecule has 0 saturated carbocycles. The molecule has 0 unspecified atom stereocenters. The molecule has 2 rings (SSSR count). The molecule has 0 radical (unpaired) electrons. The Kier molecular flexibility index (Phi) is 5.32. The van der Waals surface area contributed by atoms with E-state index < -0.39 is 11.9 Å². The lowest BCUT2D eigenvalue weighted by Crippen LogP contribution is -2.14. The van der Waals surface area contributed by atoms with Crippen LogP contribution in [0.2, 0.25) is 0 Å². The van der Waals surface area contributed by atoms with Crippen molar-refractivity contribution in [3.8, 4) is 0 Å². The molecule has 0 fully saturated rings. The van der Waals surface area contributed by atoms with Gasteiger partial charge in [0, 0.05) is 0 Å². The van der Waals surface area contributed by atoms with Gasteiger partial charge in [0.2, 0.25) is 0 Å². The van der Waals surface area contributed by atoms with Gasteiger partial charge < -0.3 is 9.47 Å². The average Bonchev–Trinajstić information content (AvgIpc) is 2.65. The molecular formula is C20H18O4. The molecule has 0 atom stereocenters. The van der Waals surface area contributed by atoms with Crippen molar-refractivity contribution in [3.63, 3.8) is 0 Å². The first kappa shape index (κ1) is 17.2. The molecular weight excluding hydrogens is 304 g/mol. The number of esters is 2. The highest BCUT2D eigenvalue weighted by atomic mass is 16.5. The second-order valence-electron chi connectivity index (χ2n) is 5.03. The van der Waals surface area contributed by atoms with E-state index in [1.54, 1.807) is 12.1 Å². The van der Waals surface area contributed by atoms with E-state index >= 15 is 0 Å². The van der Waals surface area contributed by atoms with Crippen molar-refractivity contribution in [2.24, 2.45) is 0 Å². The molecule has 2 aromatic carbocycles. The van der Waals surface area contributed by atoms with Gasteiger partial charge in [-0.2, -0.15) is 0 Å². The Labute approximate surface area is 141 Å². The van der Waals surface area contributed by atoms with E-state index in [2.05, 4.69) is 13.2 Å². The number of ether oxygens (including phenoxy) is 2. The number of allylic oxidation sites excluding steroid dienone is 2. The van der Waals surface area contributed by atoms with Gasteiger partial charge in [0.05, 0.1) is 25.3 Å². The summed E-state index contributed by atoms with van der Waals surface area (Å²) in [6, 6.07) is 14.4. The predicted molar refractivity (Wildman–Crippen MR) is 93.6 cm³/mol. The van der Waals surface area contributed by atoms with Crippen LogP contribution in [0.15, 0.2) is 61.7 Å². The summed E-state index contributed by atoms with van der Waals surface area (Å²) in [5.41, 5.74) is 2.80. The van der Waals surface area contributed by atoms with Crippen LogP contribution in [-0.4, -0.2) is 26.2 Å². The number of carbonyl (C=O) groups is 2. The highest BCUT2D eigenvalue weighted by Gasteiger charge is 2.24. The summed E-state index contributed by atoms with van der Waals surface area (Å²) in [6.07, 6.45) is 0. The van der Waals surface area contributed by atoms with Crippen molar-refractivity contribution < 1.29 is 19.1 Å². The van der Waals surface area contributed by atoms with Gasteiger partial charge in [-0.25, -0.2) is 9.59 Å². The lowest BCUT2D eigenvalue weighted by molar-refractivity contribution is 0.0555. The van der Waals surface area contributed by atoms with Gasteiger partial charge in [-0.3, -0.25) is 0 Å². The fraction of sp³-hybridized carbons (Fsp3) is 0.100. The third kappa shape index (κ3) is 3.27. The van der Waals surface area contributed by atoms with Gasteiger partial charge >= 0.3 is 11.9 Å². The van der Waals surface area contributed by atoms with Gasteiger partial charge in [0.25, 0.3) is 0 Å². The summed E-state index contributed by atoms with van der Waals surface area (Å²) in [5.74, 6) is -1.25. The Hall–Kier alpha value is -3.14. The van der Waals surface area contributed by atoms with Crippen molar-refractivity contribution in [2.75, 3.05) is 14.2 Å². The molecule has 122 valence electrons. The standard InChI is InChI=1S/C20H18O4/c1-13(15-9-6-5-7-10-15)14(2)16-11-8-12-17(19(21)23-3)18(16)20(22)24-4/h5-12H,1-2H2,3-4H3. The molecule has 4 heteroatoms. The number of hydrogen-bond acceptors (Lipinski definition) is 4. The number of methoxy groups -OCH3 is 2. The number of hydrogen-bond donors (Lipinski definition) is 0. The Balaban J connectivity index is 2.57. The Morgan fingerprint density at radius 3 is 1.92 bits per heavy atom. The minimum absolute atomic E-state index is 0.119. The largest absolute Gasteiger partial charge is 0.465 e. The highest BCUT2D eigenvalue weighted by Crippen LogP contribution is 2.32. The SMILES string of the molecule is C=C(C(=C)c1cccc(C(=O)OC)c1C(=O)OC)c1ccccc1. The molecule has 0 aliphatic rings. The Bertz CT molecular complexity index is 804. The van der Waals surface area contributed by atoms with Gasteiger partial charge in [-0.15, -0.1) is 0 Å². The van der Waals surface area contributed by atoms with Crippen molar-refractivity contribution in [1.29, 1.82) is 0 Å². The van der Waals surface area contributed by atoms with Crippen molar-refractivity contribution >= 4 is 23.1 Å². The Morgan fingerprint density at radius 1 is 0.750 bits per heavy atom. The molecule has 0 aliphatic carbocycles. The van der Waals surface area contributed by atoms with Gasteiger partial charge in [-0.1, -0.05) is 55.6 Å². The smallest absolute Gasteiger partial charge is 0.339 e. The number of carbonyl (C=O) groups excluding carboxylic acids is 2. The fourth-order valence-corrected chi connectivity index (χ4v) is 2.38.